The molecule has 1 aromatic carbocycles. The minimum Gasteiger partial charge on any atom is -0.369 e. The average Bonchev–Trinajstić information content (AvgIpc) is 2.33. The number of carbonyl (C=O) groups is 1. The number of carbonyl (C=O) groups excluding carboxylic acids is 1. The van der Waals surface area contributed by atoms with Gasteiger partial charge in [-0.2, -0.15) is 0 Å². The van der Waals surface area contributed by atoms with E-state index in [1.54, 1.807) is 6.07 Å². The lowest BCUT2D eigenvalue weighted by Gasteiger charge is -2.29. The zero-order valence-corrected chi connectivity index (χ0v) is 12.9. The molecule has 0 saturated heterocycles. The van der Waals surface area contributed by atoms with E-state index in [0.717, 1.165) is 31.6 Å². The van der Waals surface area contributed by atoms with Gasteiger partial charge in [0.1, 0.15) is 0 Å². The van der Waals surface area contributed by atoms with E-state index in [4.69, 9.17) is 11.6 Å². The van der Waals surface area contributed by atoms with E-state index in [1.165, 1.54) is 0 Å². The molecule has 0 aliphatic carbocycles. The molecule has 0 atom stereocenters. The van der Waals surface area contributed by atoms with Crippen LogP contribution >= 0.6 is 11.6 Å². The Morgan fingerprint density at radius 2 is 1.95 bits per heavy atom. The highest BCUT2D eigenvalue weighted by molar-refractivity contribution is 6.33. The van der Waals surface area contributed by atoms with Crippen LogP contribution in [0.2, 0.25) is 5.02 Å². The van der Waals surface area contributed by atoms with Gasteiger partial charge in [-0.25, -0.2) is 0 Å². The van der Waals surface area contributed by atoms with E-state index in [-0.39, 0.29) is 0 Å². The van der Waals surface area contributed by atoms with Crippen LogP contribution in [0.1, 0.15) is 24.2 Å². The van der Waals surface area contributed by atoms with Gasteiger partial charge in [-0.3, -0.25) is 4.79 Å². The second-order valence-electron chi connectivity index (χ2n) is 5.43. The minimum atomic E-state index is 0.520. The highest BCUT2D eigenvalue weighted by Gasteiger charge is 2.14. The number of rotatable bonds is 7. The van der Waals surface area contributed by atoms with Gasteiger partial charge in [-0.1, -0.05) is 31.5 Å². The molecule has 19 heavy (non-hydrogen) atoms. The lowest BCUT2D eigenvalue weighted by atomic mass is 10.1. The third kappa shape index (κ3) is 4.84. The molecule has 0 unspecified atom stereocenters. The van der Waals surface area contributed by atoms with Crippen LogP contribution in [0.15, 0.2) is 18.2 Å². The van der Waals surface area contributed by atoms with Crippen molar-refractivity contribution in [2.75, 3.05) is 38.6 Å². The normalized spacial score (nSPS) is 11.1. The Morgan fingerprint density at radius 1 is 1.26 bits per heavy atom. The van der Waals surface area contributed by atoms with Gasteiger partial charge in [0.2, 0.25) is 0 Å². The highest BCUT2D eigenvalue weighted by Crippen LogP contribution is 2.26. The molecule has 0 amide bonds. The number of halogens is 1. The maximum atomic E-state index is 11.3. The summed E-state index contributed by atoms with van der Waals surface area (Å²) >= 11 is 6.10. The van der Waals surface area contributed by atoms with E-state index in [0.29, 0.717) is 16.5 Å². The molecule has 0 saturated carbocycles. The summed E-state index contributed by atoms with van der Waals surface area (Å²) in [7, 11) is 4.10. The largest absolute Gasteiger partial charge is 0.369 e. The Balaban J connectivity index is 3.02. The van der Waals surface area contributed by atoms with E-state index < -0.39 is 0 Å². The molecule has 3 nitrogen and oxygen atoms in total. The first kappa shape index (κ1) is 16.0. The first-order valence-electron chi connectivity index (χ1n) is 6.59. The third-order valence-corrected chi connectivity index (χ3v) is 3.22. The standard InChI is InChI=1S/C15H23ClN2O/c1-12(2)10-18(9-8-17(3)4)15-7-5-6-14(16)13(15)11-19/h5-7,11-12H,8-10H2,1-4H3. The van der Waals surface area contributed by atoms with Crippen LogP contribution in [0.4, 0.5) is 5.69 Å². The van der Waals surface area contributed by atoms with Gasteiger partial charge in [0.25, 0.3) is 0 Å². The van der Waals surface area contributed by atoms with E-state index in [2.05, 4.69) is 23.6 Å². The predicted octanol–water partition coefficient (Wildman–Crippen LogP) is 3.18. The van der Waals surface area contributed by atoms with Crippen LogP contribution in [-0.2, 0) is 0 Å². The van der Waals surface area contributed by atoms with Crippen molar-refractivity contribution < 1.29 is 4.79 Å². The van der Waals surface area contributed by atoms with Crippen molar-refractivity contribution >= 4 is 23.6 Å². The average molecular weight is 283 g/mol. The maximum absolute atomic E-state index is 11.3. The Hall–Kier alpha value is -1.06. The number of hydrogen-bond donors (Lipinski definition) is 0. The summed E-state index contributed by atoms with van der Waals surface area (Å²) in [4.78, 5) is 15.6. The second-order valence-corrected chi connectivity index (χ2v) is 5.84. The minimum absolute atomic E-state index is 0.520. The van der Waals surface area contributed by atoms with Gasteiger partial charge >= 0.3 is 0 Å². The topological polar surface area (TPSA) is 23.6 Å². The van der Waals surface area contributed by atoms with Crippen molar-refractivity contribution in [3.63, 3.8) is 0 Å². The van der Waals surface area contributed by atoms with E-state index in [1.807, 2.05) is 26.2 Å². The van der Waals surface area contributed by atoms with Gasteiger partial charge in [0, 0.05) is 25.3 Å². The van der Waals surface area contributed by atoms with Crippen LogP contribution in [0.25, 0.3) is 0 Å². The molecule has 1 aromatic rings. The zero-order valence-electron chi connectivity index (χ0n) is 12.2. The van der Waals surface area contributed by atoms with Crippen molar-refractivity contribution in [2.45, 2.75) is 13.8 Å². The van der Waals surface area contributed by atoms with Gasteiger partial charge < -0.3 is 9.80 Å². The maximum Gasteiger partial charge on any atom is 0.153 e. The number of aldehydes is 1. The Morgan fingerprint density at radius 3 is 2.47 bits per heavy atom. The number of benzene rings is 1. The molecule has 0 bridgehead atoms. The second kappa shape index (κ2) is 7.51. The predicted molar refractivity (Wildman–Crippen MR) is 82.4 cm³/mol. The molecule has 0 spiro atoms. The molecule has 106 valence electrons. The lowest BCUT2D eigenvalue weighted by molar-refractivity contribution is 0.112. The first-order chi connectivity index (χ1) is 8.95. The summed E-state index contributed by atoms with van der Waals surface area (Å²) in [6.45, 7) is 7.08. The van der Waals surface area contributed by atoms with Crippen LogP contribution in [-0.4, -0.2) is 44.9 Å². The Kier molecular flexibility index (Phi) is 6.32. The van der Waals surface area contributed by atoms with Crippen LogP contribution in [0.3, 0.4) is 0 Å². The van der Waals surface area contributed by atoms with Crippen molar-refractivity contribution in [3.8, 4) is 0 Å². The SMILES string of the molecule is CC(C)CN(CCN(C)C)c1cccc(Cl)c1C=O. The number of nitrogens with zero attached hydrogens (tertiary/aromatic N) is 2. The van der Waals surface area contributed by atoms with Gasteiger partial charge in [-0.05, 0) is 32.1 Å². The van der Waals surface area contributed by atoms with Crippen LogP contribution in [0.5, 0.6) is 0 Å². The van der Waals surface area contributed by atoms with Crippen molar-refractivity contribution in [1.82, 2.24) is 4.90 Å². The van der Waals surface area contributed by atoms with Gasteiger partial charge in [-0.15, -0.1) is 0 Å². The molecule has 0 N–H and O–H groups in total. The van der Waals surface area contributed by atoms with Crippen molar-refractivity contribution in [1.29, 1.82) is 0 Å². The molecule has 0 radical (unpaired) electrons. The summed E-state index contributed by atoms with van der Waals surface area (Å²) in [5.74, 6) is 0.528. The lowest BCUT2D eigenvalue weighted by Crippen LogP contribution is -2.35. The summed E-state index contributed by atoms with van der Waals surface area (Å²) in [5.41, 5.74) is 1.52. The monoisotopic (exact) mass is 282 g/mol. The van der Waals surface area contributed by atoms with Gasteiger partial charge in [0.15, 0.2) is 6.29 Å². The molecule has 0 aliphatic rings. The molecular formula is C15H23ClN2O. The van der Waals surface area contributed by atoms with E-state index >= 15 is 0 Å². The smallest absolute Gasteiger partial charge is 0.153 e. The molecular weight excluding hydrogens is 260 g/mol. The molecule has 4 heteroatoms. The quantitative estimate of drug-likeness (QED) is 0.718. The number of likely N-dealkylation sites (N-methyl/N-ethyl adjacent to an activating group) is 1. The highest BCUT2D eigenvalue weighted by atomic mass is 35.5. The molecule has 0 heterocycles. The Labute approximate surface area is 121 Å². The third-order valence-electron chi connectivity index (χ3n) is 2.89. The molecule has 1 rings (SSSR count). The van der Waals surface area contributed by atoms with Crippen LogP contribution < -0.4 is 4.90 Å². The molecule has 0 fully saturated rings. The van der Waals surface area contributed by atoms with Crippen LogP contribution in [0, 0.1) is 5.92 Å². The summed E-state index contributed by atoms with van der Waals surface area (Å²) in [6, 6.07) is 5.62. The number of anilines is 1. The zero-order chi connectivity index (χ0) is 14.4. The fourth-order valence-electron chi connectivity index (χ4n) is 1.99. The summed E-state index contributed by atoms with van der Waals surface area (Å²) in [6.07, 6.45) is 0.848. The number of hydrogen-bond acceptors (Lipinski definition) is 3. The van der Waals surface area contributed by atoms with Crippen molar-refractivity contribution in [3.05, 3.63) is 28.8 Å². The van der Waals surface area contributed by atoms with E-state index in [9.17, 15) is 4.79 Å². The first-order valence-corrected chi connectivity index (χ1v) is 6.97. The van der Waals surface area contributed by atoms with Gasteiger partial charge in [0.05, 0.1) is 10.6 Å². The fraction of sp³-hybridized carbons (Fsp3) is 0.533. The molecule has 0 aromatic heterocycles. The van der Waals surface area contributed by atoms with Crippen molar-refractivity contribution in [2.24, 2.45) is 5.92 Å². The summed E-state index contributed by atoms with van der Waals surface area (Å²) in [5, 5.41) is 0.520. The Bertz CT molecular complexity index is 419. The summed E-state index contributed by atoms with van der Waals surface area (Å²) < 4.78 is 0. The fourth-order valence-corrected chi connectivity index (χ4v) is 2.20. The molecule has 0 aliphatic heterocycles.